The van der Waals surface area contributed by atoms with Crippen LogP contribution in [0.3, 0.4) is 0 Å². The maximum absolute atomic E-state index is 10.7. The molecule has 1 fully saturated rings. The maximum Gasteiger partial charge on any atom is 0.472 e. The molecule has 0 aromatic rings. The summed E-state index contributed by atoms with van der Waals surface area (Å²) >= 11 is 0. The number of hydrogen-bond acceptors (Lipinski definition) is 6. The molecule has 0 aliphatic carbocycles. The molecule has 1 aliphatic heterocycles. The van der Waals surface area contributed by atoms with E-state index in [-0.39, 0.29) is 0 Å². The minimum absolute atomic E-state index is 0.327. The maximum atomic E-state index is 10.7. The fourth-order valence-corrected chi connectivity index (χ4v) is 1.90. The molecule has 0 amide bonds. The normalized spacial score (nSPS) is 19.7. The van der Waals surface area contributed by atoms with E-state index >= 15 is 0 Å². The number of rotatable bonds is 4. The highest BCUT2D eigenvalue weighted by Gasteiger charge is 2.21. The molecule has 0 radical (unpaired) electrons. The fourth-order valence-electron chi connectivity index (χ4n) is 1.11. The standard InChI is InChI=1S/C5H11O4P.C4H13N3/c6-10(7)8-4-2-1-3-5-9-10;5-1-3-7-4-2-6/h1-5H2,(H,6,7);7H,1-6H2. The summed E-state index contributed by atoms with van der Waals surface area (Å²) in [6.45, 7) is 3.79. The largest absolute Gasteiger partial charge is 0.472 e. The van der Waals surface area contributed by atoms with Gasteiger partial charge < -0.3 is 21.7 Å². The highest BCUT2D eigenvalue weighted by atomic mass is 31.2. The second-order valence-corrected chi connectivity index (χ2v) is 4.98. The smallest absolute Gasteiger partial charge is 0.329 e. The van der Waals surface area contributed by atoms with Crippen LogP contribution >= 0.6 is 7.82 Å². The van der Waals surface area contributed by atoms with Gasteiger partial charge in [-0.1, -0.05) is 0 Å². The van der Waals surface area contributed by atoms with Crippen LogP contribution in [0.5, 0.6) is 0 Å². The van der Waals surface area contributed by atoms with Gasteiger partial charge in [-0.2, -0.15) is 0 Å². The van der Waals surface area contributed by atoms with Crippen molar-refractivity contribution in [2.45, 2.75) is 19.3 Å². The SMILES string of the molecule is NCCNCCN.O=P1(O)OCCCCCO1. The average molecular weight is 269 g/mol. The number of nitrogens with one attached hydrogen (secondary N) is 1. The minimum Gasteiger partial charge on any atom is -0.329 e. The lowest BCUT2D eigenvalue weighted by atomic mass is 10.2. The molecule has 0 bridgehead atoms. The molecule has 1 heterocycles. The van der Waals surface area contributed by atoms with Crippen LogP contribution in [0.2, 0.25) is 0 Å². The first kappa shape index (κ1) is 17.0. The van der Waals surface area contributed by atoms with Crippen LogP contribution in [-0.4, -0.2) is 44.3 Å². The van der Waals surface area contributed by atoms with Gasteiger partial charge in [-0.3, -0.25) is 9.05 Å². The Hall–Kier alpha value is -0.0100. The van der Waals surface area contributed by atoms with Gasteiger partial charge in [0.25, 0.3) is 0 Å². The van der Waals surface area contributed by atoms with Crippen LogP contribution in [-0.2, 0) is 13.6 Å². The Morgan fingerprint density at radius 2 is 1.53 bits per heavy atom. The summed E-state index contributed by atoms with van der Waals surface area (Å²) in [6, 6.07) is 0. The van der Waals surface area contributed by atoms with E-state index in [2.05, 4.69) is 14.4 Å². The number of phosphoric acid groups is 1. The van der Waals surface area contributed by atoms with Crippen LogP contribution in [0.25, 0.3) is 0 Å². The first-order valence-corrected chi connectivity index (χ1v) is 7.34. The third kappa shape index (κ3) is 12.2. The fraction of sp³-hybridized carbons (Fsp3) is 1.00. The van der Waals surface area contributed by atoms with Crippen molar-refractivity contribution in [2.75, 3.05) is 39.4 Å². The van der Waals surface area contributed by atoms with E-state index in [1.165, 1.54) is 0 Å². The molecule has 0 saturated carbocycles. The Balaban J connectivity index is 0.000000325. The molecule has 7 nitrogen and oxygen atoms in total. The average Bonchev–Trinajstić information content (AvgIpc) is 2.26. The Bertz CT molecular complexity index is 202. The Morgan fingerprint density at radius 1 is 1.06 bits per heavy atom. The molecule has 1 aliphatic rings. The van der Waals surface area contributed by atoms with Crippen LogP contribution in [0.15, 0.2) is 0 Å². The minimum atomic E-state index is -3.66. The lowest BCUT2D eigenvalue weighted by Gasteiger charge is -2.14. The molecule has 1 saturated heterocycles. The highest BCUT2D eigenvalue weighted by Crippen LogP contribution is 2.44. The van der Waals surface area contributed by atoms with Crippen LogP contribution in [0.1, 0.15) is 19.3 Å². The van der Waals surface area contributed by atoms with Crippen molar-refractivity contribution >= 4 is 7.82 Å². The van der Waals surface area contributed by atoms with E-state index in [0.29, 0.717) is 26.3 Å². The summed E-state index contributed by atoms with van der Waals surface area (Å²) < 4.78 is 19.8. The second-order valence-electron chi connectivity index (χ2n) is 3.52. The van der Waals surface area contributed by atoms with Crippen LogP contribution < -0.4 is 16.8 Å². The highest BCUT2D eigenvalue weighted by molar-refractivity contribution is 7.47. The van der Waals surface area contributed by atoms with Crippen molar-refractivity contribution < 1.29 is 18.5 Å². The molecule has 6 N–H and O–H groups in total. The van der Waals surface area contributed by atoms with E-state index < -0.39 is 7.82 Å². The first-order chi connectivity index (χ1) is 8.12. The van der Waals surface area contributed by atoms with Gasteiger partial charge in [0.2, 0.25) is 0 Å². The van der Waals surface area contributed by atoms with E-state index in [4.69, 9.17) is 16.4 Å². The molecule has 0 atom stereocenters. The lowest BCUT2D eigenvalue weighted by molar-refractivity contribution is 0.131. The Morgan fingerprint density at radius 3 is 1.94 bits per heavy atom. The number of phosphoric ester groups is 1. The first-order valence-electron chi connectivity index (χ1n) is 5.85. The van der Waals surface area contributed by atoms with Gasteiger partial charge >= 0.3 is 7.82 Å². The third-order valence-electron chi connectivity index (χ3n) is 1.94. The number of hydrogen-bond donors (Lipinski definition) is 4. The van der Waals surface area contributed by atoms with E-state index in [9.17, 15) is 4.57 Å². The zero-order chi connectivity index (χ0) is 13.0. The third-order valence-corrected chi connectivity index (χ3v) is 2.96. The molecule has 8 heteroatoms. The summed E-state index contributed by atoms with van der Waals surface area (Å²) in [4.78, 5) is 8.79. The van der Waals surface area contributed by atoms with Crippen molar-refractivity contribution in [2.24, 2.45) is 11.5 Å². The molecule has 0 aromatic heterocycles. The summed E-state index contributed by atoms with van der Waals surface area (Å²) in [6.07, 6.45) is 2.68. The van der Waals surface area contributed by atoms with Gasteiger partial charge in [0.05, 0.1) is 13.2 Å². The van der Waals surface area contributed by atoms with Gasteiger partial charge in [-0.25, -0.2) is 4.57 Å². The van der Waals surface area contributed by atoms with E-state index in [0.717, 1.165) is 32.4 Å². The van der Waals surface area contributed by atoms with Crippen molar-refractivity contribution in [1.82, 2.24) is 5.32 Å². The molecule has 0 unspecified atom stereocenters. The Kier molecular flexibility index (Phi) is 11.1. The lowest BCUT2D eigenvalue weighted by Crippen LogP contribution is -2.27. The zero-order valence-electron chi connectivity index (χ0n) is 10.1. The molecule has 17 heavy (non-hydrogen) atoms. The molecule has 104 valence electrons. The van der Waals surface area contributed by atoms with Crippen molar-refractivity contribution in [3.8, 4) is 0 Å². The van der Waals surface area contributed by atoms with Crippen molar-refractivity contribution in [3.05, 3.63) is 0 Å². The molecule has 1 rings (SSSR count). The molecule has 0 aromatic carbocycles. The predicted octanol–water partition coefficient (Wildman–Crippen LogP) is -0.203. The van der Waals surface area contributed by atoms with Gasteiger partial charge in [-0.15, -0.1) is 0 Å². The van der Waals surface area contributed by atoms with Gasteiger partial charge in [0.15, 0.2) is 0 Å². The molecular weight excluding hydrogens is 245 g/mol. The summed E-state index contributed by atoms with van der Waals surface area (Å²) in [5, 5.41) is 3.03. The zero-order valence-corrected chi connectivity index (χ0v) is 11.0. The van der Waals surface area contributed by atoms with E-state index in [1.54, 1.807) is 0 Å². The summed E-state index contributed by atoms with van der Waals surface area (Å²) in [5.41, 5.74) is 10.3. The van der Waals surface area contributed by atoms with E-state index in [1.807, 2.05) is 0 Å². The summed E-state index contributed by atoms with van der Waals surface area (Å²) in [5.74, 6) is 0. The molecule has 0 spiro atoms. The van der Waals surface area contributed by atoms with Gasteiger partial charge in [0, 0.05) is 26.2 Å². The Labute approximate surface area is 102 Å². The van der Waals surface area contributed by atoms with Crippen LogP contribution in [0.4, 0.5) is 0 Å². The summed E-state index contributed by atoms with van der Waals surface area (Å²) in [7, 11) is -3.66. The van der Waals surface area contributed by atoms with Crippen LogP contribution in [0, 0.1) is 0 Å². The van der Waals surface area contributed by atoms with Gasteiger partial charge in [0.1, 0.15) is 0 Å². The van der Waals surface area contributed by atoms with Crippen molar-refractivity contribution in [3.63, 3.8) is 0 Å². The topological polar surface area (TPSA) is 120 Å². The monoisotopic (exact) mass is 269 g/mol. The molecular formula is C9H24N3O4P. The van der Waals surface area contributed by atoms with Gasteiger partial charge in [-0.05, 0) is 19.3 Å². The quantitative estimate of drug-likeness (QED) is 0.412. The second kappa shape index (κ2) is 11.1. The van der Waals surface area contributed by atoms with Crippen molar-refractivity contribution in [1.29, 1.82) is 0 Å². The predicted molar refractivity (Wildman–Crippen MR) is 66.6 cm³/mol. The number of nitrogens with two attached hydrogens (primary N) is 2.